The van der Waals surface area contributed by atoms with Gasteiger partial charge in [-0.25, -0.2) is 4.98 Å². The van der Waals surface area contributed by atoms with E-state index in [2.05, 4.69) is 14.7 Å². The molecular formula is C14H15N3O2S. The largest absolute Gasteiger partial charge is 0.459 e. The summed E-state index contributed by atoms with van der Waals surface area (Å²) in [4.78, 5) is 4.35. The Hall–Kier alpha value is -1.92. The molecule has 0 saturated carbocycles. The number of nitrogens with one attached hydrogen (secondary N) is 1. The molecule has 1 N–H and O–H groups in total. The van der Waals surface area contributed by atoms with Gasteiger partial charge in [0, 0.05) is 24.0 Å². The SMILES string of the molecule is COCc1nsc(N[C@H](C)c2cc3ccccc3o2)n1. The van der Waals surface area contributed by atoms with E-state index in [1.807, 2.05) is 37.3 Å². The maximum atomic E-state index is 5.83. The van der Waals surface area contributed by atoms with E-state index in [0.29, 0.717) is 12.4 Å². The molecule has 0 bridgehead atoms. The number of ether oxygens (including phenoxy) is 1. The predicted octanol–water partition coefficient (Wildman–Crippen LogP) is 3.60. The van der Waals surface area contributed by atoms with Crippen molar-refractivity contribution < 1.29 is 9.15 Å². The van der Waals surface area contributed by atoms with Crippen LogP contribution in [0.2, 0.25) is 0 Å². The maximum absolute atomic E-state index is 5.83. The molecule has 20 heavy (non-hydrogen) atoms. The lowest BCUT2D eigenvalue weighted by Crippen LogP contribution is -2.05. The first-order valence-electron chi connectivity index (χ1n) is 6.33. The fraction of sp³-hybridized carbons (Fsp3) is 0.286. The quantitative estimate of drug-likeness (QED) is 0.777. The number of para-hydroxylation sites is 1. The topological polar surface area (TPSA) is 60.2 Å². The Bertz CT molecular complexity index is 674. The van der Waals surface area contributed by atoms with Gasteiger partial charge in [-0.05, 0) is 19.1 Å². The van der Waals surface area contributed by atoms with Gasteiger partial charge in [0.25, 0.3) is 0 Å². The first-order chi connectivity index (χ1) is 9.76. The van der Waals surface area contributed by atoms with Crippen LogP contribution in [0.4, 0.5) is 5.13 Å². The van der Waals surface area contributed by atoms with Crippen LogP contribution in [0.5, 0.6) is 0 Å². The van der Waals surface area contributed by atoms with Gasteiger partial charge in [0.15, 0.2) is 5.82 Å². The molecule has 3 rings (SSSR count). The number of methoxy groups -OCH3 is 1. The summed E-state index contributed by atoms with van der Waals surface area (Å²) in [5, 5.41) is 5.17. The van der Waals surface area contributed by atoms with Crippen molar-refractivity contribution in [1.82, 2.24) is 9.36 Å². The second kappa shape index (κ2) is 5.60. The molecule has 0 radical (unpaired) electrons. The maximum Gasteiger partial charge on any atom is 0.203 e. The minimum Gasteiger partial charge on any atom is -0.459 e. The van der Waals surface area contributed by atoms with Gasteiger partial charge in [0.05, 0.1) is 6.04 Å². The molecule has 1 atom stereocenters. The zero-order valence-electron chi connectivity index (χ0n) is 11.3. The van der Waals surface area contributed by atoms with Gasteiger partial charge in [-0.15, -0.1) is 0 Å². The predicted molar refractivity (Wildman–Crippen MR) is 78.9 cm³/mol. The van der Waals surface area contributed by atoms with Crippen molar-refractivity contribution in [3.63, 3.8) is 0 Å². The summed E-state index contributed by atoms with van der Waals surface area (Å²) in [5.41, 5.74) is 0.897. The Morgan fingerprint density at radius 2 is 2.25 bits per heavy atom. The highest BCUT2D eigenvalue weighted by Gasteiger charge is 2.13. The lowest BCUT2D eigenvalue weighted by Gasteiger charge is -2.08. The van der Waals surface area contributed by atoms with Crippen LogP contribution >= 0.6 is 11.5 Å². The van der Waals surface area contributed by atoms with Crippen LogP contribution in [0.15, 0.2) is 34.7 Å². The van der Waals surface area contributed by atoms with E-state index in [4.69, 9.17) is 9.15 Å². The standard InChI is InChI=1S/C14H15N3O2S/c1-9(15-14-16-13(8-18-2)17-20-14)12-7-10-5-3-4-6-11(10)19-12/h3-7,9H,8H2,1-2H3,(H,15,16,17)/t9-/m1/s1. The van der Waals surface area contributed by atoms with Crippen LogP contribution in [0.1, 0.15) is 24.6 Å². The molecule has 5 nitrogen and oxygen atoms in total. The number of nitrogens with zero attached hydrogens (tertiary/aromatic N) is 2. The second-order valence-corrected chi connectivity index (χ2v) is 5.25. The van der Waals surface area contributed by atoms with E-state index >= 15 is 0 Å². The highest BCUT2D eigenvalue weighted by Crippen LogP contribution is 2.26. The smallest absolute Gasteiger partial charge is 0.203 e. The number of hydrogen-bond donors (Lipinski definition) is 1. The van der Waals surface area contributed by atoms with E-state index in [1.54, 1.807) is 7.11 Å². The third-order valence-electron chi connectivity index (χ3n) is 2.95. The fourth-order valence-corrected chi connectivity index (χ4v) is 2.63. The molecule has 0 aliphatic heterocycles. The molecule has 2 heterocycles. The van der Waals surface area contributed by atoms with Crippen molar-refractivity contribution in [3.05, 3.63) is 41.9 Å². The number of furan rings is 1. The monoisotopic (exact) mass is 289 g/mol. The number of fused-ring (bicyclic) bond motifs is 1. The van der Waals surface area contributed by atoms with Gasteiger partial charge in [-0.3, -0.25) is 0 Å². The molecule has 0 amide bonds. The number of anilines is 1. The summed E-state index contributed by atoms with van der Waals surface area (Å²) in [6, 6.07) is 10.1. The first-order valence-corrected chi connectivity index (χ1v) is 7.10. The molecule has 104 valence electrons. The first kappa shape index (κ1) is 13.1. The Labute approximate surface area is 120 Å². The third-order valence-corrected chi connectivity index (χ3v) is 3.64. The minimum atomic E-state index is 0.0331. The van der Waals surface area contributed by atoms with Crippen LogP contribution in [0, 0.1) is 0 Å². The van der Waals surface area contributed by atoms with Crippen molar-refractivity contribution in [3.8, 4) is 0 Å². The van der Waals surface area contributed by atoms with E-state index in [1.165, 1.54) is 11.5 Å². The summed E-state index contributed by atoms with van der Waals surface area (Å²) in [6.07, 6.45) is 0. The lowest BCUT2D eigenvalue weighted by atomic mass is 10.2. The molecule has 0 aliphatic carbocycles. The summed E-state index contributed by atoms with van der Waals surface area (Å²) >= 11 is 1.33. The number of benzene rings is 1. The fourth-order valence-electron chi connectivity index (χ4n) is 1.97. The number of rotatable bonds is 5. The number of aromatic nitrogens is 2. The Balaban J connectivity index is 1.75. The van der Waals surface area contributed by atoms with Crippen LogP contribution in [0.3, 0.4) is 0 Å². The third kappa shape index (κ3) is 2.66. The zero-order valence-corrected chi connectivity index (χ0v) is 12.1. The molecule has 3 aromatic rings. The van der Waals surface area contributed by atoms with Crippen molar-refractivity contribution in [1.29, 1.82) is 0 Å². The average molecular weight is 289 g/mol. The summed E-state index contributed by atoms with van der Waals surface area (Å²) < 4.78 is 15.0. The van der Waals surface area contributed by atoms with Crippen LogP contribution in [0.25, 0.3) is 11.0 Å². The van der Waals surface area contributed by atoms with Crippen LogP contribution in [-0.4, -0.2) is 16.5 Å². The van der Waals surface area contributed by atoms with Gasteiger partial charge in [-0.2, -0.15) is 4.37 Å². The lowest BCUT2D eigenvalue weighted by molar-refractivity contribution is 0.179. The molecule has 0 unspecified atom stereocenters. The summed E-state index contributed by atoms with van der Waals surface area (Å²) in [7, 11) is 1.63. The minimum absolute atomic E-state index is 0.0331. The Kier molecular flexibility index (Phi) is 3.66. The van der Waals surface area contributed by atoms with Gasteiger partial charge in [-0.1, -0.05) is 18.2 Å². The van der Waals surface area contributed by atoms with Gasteiger partial charge < -0.3 is 14.5 Å². The van der Waals surface area contributed by atoms with Crippen LogP contribution in [-0.2, 0) is 11.3 Å². The van der Waals surface area contributed by atoms with E-state index in [9.17, 15) is 0 Å². The Morgan fingerprint density at radius 3 is 3.05 bits per heavy atom. The van der Waals surface area contributed by atoms with Gasteiger partial charge in [0.1, 0.15) is 18.0 Å². The molecular weight excluding hydrogens is 274 g/mol. The Morgan fingerprint density at radius 1 is 1.40 bits per heavy atom. The molecule has 0 aliphatic rings. The molecule has 1 aromatic carbocycles. The van der Waals surface area contributed by atoms with Crippen molar-refractivity contribution in [2.75, 3.05) is 12.4 Å². The highest BCUT2D eigenvalue weighted by atomic mass is 32.1. The van der Waals surface area contributed by atoms with Crippen molar-refractivity contribution >= 4 is 27.6 Å². The summed E-state index contributed by atoms with van der Waals surface area (Å²) in [6.45, 7) is 2.46. The second-order valence-electron chi connectivity index (χ2n) is 4.50. The van der Waals surface area contributed by atoms with E-state index in [0.717, 1.165) is 21.9 Å². The average Bonchev–Trinajstić information content (AvgIpc) is 3.05. The number of hydrogen-bond acceptors (Lipinski definition) is 6. The van der Waals surface area contributed by atoms with E-state index in [-0.39, 0.29) is 6.04 Å². The van der Waals surface area contributed by atoms with Crippen molar-refractivity contribution in [2.45, 2.75) is 19.6 Å². The molecule has 2 aromatic heterocycles. The molecule has 0 fully saturated rings. The normalized spacial score (nSPS) is 12.7. The molecule has 0 saturated heterocycles. The van der Waals surface area contributed by atoms with Gasteiger partial charge >= 0.3 is 0 Å². The summed E-state index contributed by atoms with van der Waals surface area (Å²) in [5.74, 6) is 1.58. The van der Waals surface area contributed by atoms with Gasteiger partial charge in [0.2, 0.25) is 5.13 Å². The van der Waals surface area contributed by atoms with Crippen molar-refractivity contribution in [2.24, 2.45) is 0 Å². The zero-order chi connectivity index (χ0) is 13.9. The molecule has 0 spiro atoms. The highest BCUT2D eigenvalue weighted by molar-refractivity contribution is 7.09. The van der Waals surface area contributed by atoms with Crippen LogP contribution < -0.4 is 5.32 Å². The van der Waals surface area contributed by atoms with E-state index < -0.39 is 0 Å². The molecule has 6 heteroatoms.